The Bertz CT molecular complexity index is 635. The van der Waals surface area contributed by atoms with Gasteiger partial charge >= 0.3 is 0 Å². The molecule has 0 fully saturated rings. The van der Waals surface area contributed by atoms with Gasteiger partial charge < -0.3 is 20.6 Å². The smallest absolute Gasteiger partial charge is 0.222 e. The van der Waals surface area contributed by atoms with Crippen molar-refractivity contribution >= 4 is 5.91 Å². The molecule has 5 heteroatoms. The van der Waals surface area contributed by atoms with Crippen molar-refractivity contribution in [3.63, 3.8) is 0 Å². The Labute approximate surface area is 267 Å². The normalized spacial score (nSPS) is 14.1. The summed E-state index contributed by atoms with van der Waals surface area (Å²) in [5.74, 6) is -0.296. The van der Waals surface area contributed by atoms with Crippen molar-refractivity contribution in [1.82, 2.24) is 5.32 Å². The topological polar surface area (TPSA) is 89.8 Å². The summed E-state index contributed by atoms with van der Waals surface area (Å²) in [6.07, 6.45) is 38.4. The van der Waals surface area contributed by atoms with Crippen LogP contribution in [0, 0.1) is 0 Å². The lowest BCUT2D eigenvalue weighted by atomic mass is 10.0. The molecule has 0 aromatic heterocycles. The average molecular weight is 608 g/mol. The highest BCUT2D eigenvalue weighted by molar-refractivity contribution is 5.76. The minimum absolute atomic E-state index is 0.0233. The van der Waals surface area contributed by atoms with Crippen molar-refractivity contribution < 1.29 is 20.1 Å². The van der Waals surface area contributed by atoms with Gasteiger partial charge in [-0.3, -0.25) is 4.79 Å². The van der Waals surface area contributed by atoms with E-state index >= 15 is 0 Å². The first-order valence-corrected chi connectivity index (χ1v) is 18.6. The summed E-state index contributed by atoms with van der Waals surface area (Å²) in [7, 11) is 0. The standard InChI is InChI=1S/C38H73NO4/c1-3-5-7-9-11-13-15-17-18-20-22-24-26-28-30-32-37(42)36(34-40)39-38(43)33-35(41)31-29-27-25-23-21-19-16-14-12-10-8-6-4-2/h12,14,16,19,35-37,40-42H,3-11,13,15,17-18,20-34H2,1-2H3,(H,39,43)/b14-12-,19-16-. The summed E-state index contributed by atoms with van der Waals surface area (Å²) < 4.78 is 0. The van der Waals surface area contributed by atoms with Gasteiger partial charge in [-0.05, 0) is 38.5 Å². The number of hydrogen-bond acceptors (Lipinski definition) is 4. The van der Waals surface area contributed by atoms with Crippen LogP contribution in [0.4, 0.5) is 0 Å². The van der Waals surface area contributed by atoms with E-state index in [0.29, 0.717) is 12.8 Å². The number of unbranched alkanes of at least 4 members (excludes halogenated alkanes) is 21. The average Bonchev–Trinajstić information content (AvgIpc) is 3.00. The first-order valence-electron chi connectivity index (χ1n) is 18.6. The van der Waals surface area contributed by atoms with Crippen LogP contribution in [0.15, 0.2) is 24.3 Å². The quantitative estimate of drug-likeness (QED) is 0.0441. The van der Waals surface area contributed by atoms with Gasteiger partial charge in [0, 0.05) is 0 Å². The van der Waals surface area contributed by atoms with Gasteiger partial charge in [0.15, 0.2) is 0 Å². The molecule has 0 aliphatic rings. The van der Waals surface area contributed by atoms with Crippen molar-refractivity contribution in [2.75, 3.05) is 6.61 Å². The van der Waals surface area contributed by atoms with Gasteiger partial charge in [-0.25, -0.2) is 0 Å². The van der Waals surface area contributed by atoms with Crippen LogP contribution in [-0.4, -0.2) is 46.1 Å². The Morgan fingerprint density at radius 1 is 0.581 bits per heavy atom. The number of amides is 1. The molecule has 3 atom stereocenters. The second-order valence-corrected chi connectivity index (χ2v) is 12.9. The number of aliphatic hydroxyl groups excluding tert-OH is 3. The van der Waals surface area contributed by atoms with E-state index in [-0.39, 0.29) is 18.9 Å². The third-order valence-corrected chi connectivity index (χ3v) is 8.55. The van der Waals surface area contributed by atoms with Gasteiger partial charge in [0.2, 0.25) is 5.91 Å². The second-order valence-electron chi connectivity index (χ2n) is 12.9. The van der Waals surface area contributed by atoms with E-state index in [1.165, 1.54) is 109 Å². The lowest BCUT2D eigenvalue weighted by Crippen LogP contribution is -2.46. The molecule has 43 heavy (non-hydrogen) atoms. The Balaban J connectivity index is 3.71. The molecule has 1 amide bonds. The first-order chi connectivity index (χ1) is 21.0. The van der Waals surface area contributed by atoms with Gasteiger partial charge in [0.1, 0.15) is 0 Å². The van der Waals surface area contributed by atoms with Crippen molar-refractivity contribution in [3.8, 4) is 0 Å². The molecule has 254 valence electrons. The molecule has 3 unspecified atom stereocenters. The maximum absolute atomic E-state index is 12.4. The Morgan fingerprint density at radius 3 is 1.47 bits per heavy atom. The largest absolute Gasteiger partial charge is 0.394 e. The third kappa shape index (κ3) is 30.6. The maximum Gasteiger partial charge on any atom is 0.222 e. The van der Waals surface area contributed by atoms with E-state index < -0.39 is 18.2 Å². The minimum atomic E-state index is -0.751. The summed E-state index contributed by atoms with van der Waals surface area (Å²) in [6, 6.07) is -0.661. The summed E-state index contributed by atoms with van der Waals surface area (Å²) in [6.45, 7) is 4.21. The molecule has 0 aliphatic carbocycles. The minimum Gasteiger partial charge on any atom is -0.394 e. The van der Waals surface area contributed by atoms with Crippen LogP contribution in [-0.2, 0) is 4.79 Å². The van der Waals surface area contributed by atoms with Gasteiger partial charge in [-0.2, -0.15) is 0 Å². The predicted octanol–water partition coefficient (Wildman–Crippen LogP) is 9.87. The lowest BCUT2D eigenvalue weighted by Gasteiger charge is -2.23. The number of hydrogen-bond donors (Lipinski definition) is 4. The first kappa shape index (κ1) is 41.8. The summed E-state index contributed by atoms with van der Waals surface area (Å²) >= 11 is 0. The molecule has 0 saturated heterocycles. The van der Waals surface area contributed by atoms with Crippen molar-refractivity contribution in [2.45, 2.75) is 205 Å². The van der Waals surface area contributed by atoms with Crippen LogP contribution in [0.3, 0.4) is 0 Å². The highest BCUT2D eigenvalue weighted by atomic mass is 16.3. The molecule has 0 bridgehead atoms. The molecule has 0 aromatic carbocycles. The highest BCUT2D eigenvalue weighted by Gasteiger charge is 2.21. The molecule has 5 nitrogen and oxygen atoms in total. The van der Waals surface area contributed by atoms with Crippen LogP contribution >= 0.6 is 0 Å². The predicted molar refractivity (Wildman–Crippen MR) is 185 cm³/mol. The molecule has 0 spiro atoms. The molecule has 4 N–H and O–H groups in total. The maximum atomic E-state index is 12.4. The molecule has 0 saturated carbocycles. The number of carbonyl (C=O) groups excluding carboxylic acids is 1. The summed E-state index contributed by atoms with van der Waals surface area (Å²) in [5.41, 5.74) is 0. The number of allylic oxidation sites excluding steroid dienone is 4. The van der Waals surface area contributed by atoms with Crippen LogP contribution in [0.2, 0.25) is 0 Å². The number of nitrogens with one attached hydrogen (secondary N) is 1. The zero-order valence-corrected chi connectivity index (χ0v) is 28.6. The molecular weight excluding hydrogens is 534 g/mol. The van der Waals surface area contributed by atoms with Crippen LogP contribution in [0.25, 0.3) is 0 Å². The zero-order valence-electron chi connectivity index (χ0n) is 28.6. The fraction of sp³-hybridized carbons (Fsp3) is 0.868. The van der Waals surface area contributed by atoms with Gasteiger partial charge in [0.05, 0.1) is 31.3 Å². The van der Waals surface area contributed by atoms with E-state index in [0.717, 1.165) is 44.9 Å². The van der Waals surface area contributed by atoms with E-state index in [4.69, 9.17) is 0 Å². The zero-order chi connectivity index (χ0) is 31.6. The number of rotatable bonds is 33. The van der Waals surface area contributed by atoms with Crippen LogP contribution < -0.4 is 5.32 Å². The summed E-state index contributed by atoms with van der Waals surface area (Å²) in [5, 5.41) is 33.2. The van der Waals surface area contributed by atoms with E-state index in [1.54, 1.807) is 0 Å². The number of aliphatic hydroxyl groups is 3. The van der Waals surface area contributed by atoms with Gasteiger partial charge in [-0.1, -0.05) is 167 Å². The molecule has 0 aromatic rings. The monoisotopic (exact) mass is 608 g/mol. The molecule has 0 radical (unpaired) electrons. The SMILES string of the molecule is CCCCC/C=C\C=C/CCCCCCC(O)CC(=O)NC(CO)C(O)CCCCCCCCCCCCCCCCC. The molecular formula is C38H73NO4. The Morgan fingerprint density at radius 2 is 0.977 bits per heavy atom. The lowest BCUT2D eigenvalue weighted by molar-refractivity contribution is -0.125. The second kappa shape index (κ2) is 33.7. The van der Waals surface area contributed by atoms with Crippen LogP contribution in [0.5, 0.6) is 0 Å². The molecule has 0 rings (SSSR count). The van der Waals surface area contributed by atoms with Crippen molar-refractivity contribution in [2.24, 2.45) is 0 Å². The van der Waals surface area contributed by atoms with Crippen LogP contribution in [0.1, 0.15) is 187 Å². The van der Waals surface area contributed by atoms with E-state index in [1.807, 2.05) is 0 Å². The highest BCUT2D eigenvalue weighted by Crippen LogP contribution is 2.15. The van der Waals surface area contributed by atoms with Crippen molar-refractivity contribution in [3.05, 3.63) is 24.3 Å². The Hall–Kier alpha value is -1.17. The fourth-order valence-corrected chi connectivity index (χ4v) is 5.63. The third-order valence-electron chi connectivity index (χ3n) is 8.55. The molecule has 0 aliphatic heterocycles. The number of carbonyl (C=O) groups is 1. The van der Waals surface area contributed by atoms with Crippen molar-refractivity contribution in [1.29, 1.82) is 0 Å². The Kier molecular flexibility index (Phi) is 32.8. The van der Waals surface area contributed by atoms with E-state index in [2.05, 4.69) is 43.5 Å². The van der Waals surface area contributed by atoms with Gasteiger partial charge in [0.25, 0.3) is 0 Å². The summed E-state index contributed by atoms with van der Waals surface area (Å²) in [4.78, 5) is 12.4. The molecule has 0 heterocycles. The fourth-order valence-electron chi connectivity index (χ4n) is 5.63. The van der Waals surface area contributed by atoms with Gasteiger partial charge in [-0.15, -0.1) is 0 Å². The van der Waals surface area contributed by atoms with E-state index in [9.17, 15) is 20.1 Å².